The monoisotopic (exact) mass is 598 g/mol. The summed E-state index contributed by atoms with van der Waals surface area (Å²) >= 11 is 0. The lowest BCUT2D eigenvalue weighted by molar-refractivity contribution is -0.150. The van der Waals surface area contributed by atoms with Gasteiger partial charge in [-0.25, -0.2) is 9.37 Å². The number of morpholine rings is 1. The minimum absolute atomic E-state index is 0.00728. The zero-order valence-corrected chi connectivity index (χ0v) is 24.4. The number of halogens is 1. The topological polar surface area (TPSA) is 163 Å². The number of rotatable bonds is 5. The third-order valence-electron chi connectivity index (χ3n) is 8.69. The molecular formula is C29H35FN6O7. The van der Waals surface area contributed by atoms with Gasteiger partial charge < -0.3 is 30.3 Å². The highest BCUT2D eigenvalue weighted by atomic mass is 19.1. The van der Waals surface area contributed by atoms with Crippen molar-refractivity contribution in [3.8, 4) is 5.75 Å². The van der Waals surface area contributed by atoms with Gasteiger partial charge in [-0.05, 0) is 49.8 Å². The van der Waals surface area contributed by atoms with Crippen LogP contribution < -0.4 is 16.2 Å². The number of hydrogen-bond donors (Lipinski definition) is 3. The highest BCUT2D eigenvalue weighted by Gasteiger charge is 2.55. The Hall–Kier alpha value is -4.33. The van der Waals surface area contributed by atoms with Gasteiger partial charge in [-0.1, -0.05) is 12.1 Å². The van der Waals surface area contributed by atoms with Crippen molar-refractivity contribution in [1.29, 1.82) is 0 Å². The summed E-state index contributed by atoms with van der Waals surface area (Å²) in [5.74, 6) is -4.07. The summed E-state index contributed by atoms with van der Waals surface area (Å²) in [7, 11) is 2.86. The zero-order valence-electron chi connectivity index (χ0n) is 24.4. The molecule has 1 aromatic carbocycles. The third kappa shape index (κ3) is 5.46. The largest absolute Gasteiger partial charge is 0.501 e. The first-order valence-corrected chi connectivity index (χ1v) is 14.2. The lowest BCUT2D eigenvalue weighted by atomic mass is 9.67. The van der Waals surface area contributed by atoms with Crippen molar-refractivity contribution in [3.05, 3.63) is 57.0 Å². The standard InChI is InChI=1S/C29H35FN6O7/c1-17-14-18(4-5-19(17)30)15-31-22(38)20-21(37)24(40)36-16-28(27(42)35-10-12-43-13-11-35)6-8-29(9-7-28,26(36)32-20)33-23(39)25(41)34(2)3/h4-5,14,37H,6-13,15-16H2,1-3H3,(H,31,38)(H,33,39). The van der Waals surface area contributed by atoms with Crippen LogP contribution in [0.3, 0.4) is 0 Å². The number of carbonyl (C=O) groups is 4. The summed E-state index contributed by atoms with van der Waals surface area (Å²) in [4.78, 5) is 73.7. The molecule has 6 rings (SSSR count). The Morgan fingerprint density at radius 1 is 1.12 bits per heavy atom. The first-order chi connectivity index (χ1) is 20.4. The normalized spacial score (nSPS) is 22.7. The van der Waals surface area contributed by atoms with Gasteiger partial charge in [0.1, 0.15) is 11.6 Å². The number of hydrogen-bond acceptors (Lipinski definition) is 8. The van der Waals surface area contributed by atoms with Crippen LogP contribution in [0.1, 0.15) is 53.1 Å². The fourth-order valence-corrected chi connectivity index (χ4v) is 6.18. The van der Waals surface area contributed by atoms with Crippen molar-refractivity contribution < 1.29 is 33.4 Å². The van der Waals surface area contributed by atoms with Crippen LogP contribution in [0.2, 0.25) is 0 Å². The Kier molecular flexibility index (Phi) is 7.99. The number of benzene rings is 1. The molecule has 2 fully saturated rings. The number of aromatic hydroxyl groups is 1. The quantitative estimate of drug-likeness (QED) is 0.410. The van der Waals surface area contributed by atoms with E-state index in [-0.39, 0.29) is 50.5 Å². The van der Waals surface area contributed by atoms with Crippen LogP contribution in [0.5, 0.6) is 5.75 Å². The van der Waals surface area contributed by atoms with Gasteiger partial charge in [0.05, 0.1) is 24.2 Å². The number of likely N-dealkylation sites (N-methyl/N-ethyl adjacent to an activating group) is 1. The highest BCUT2D eigenvalue weighted by Crippen LogP contribution is 2.50. The Balaban J connectivity index is 1.55. The molecule has 2 bridgehead atoms. The zero-order chi connectivity index (χ0) is 31.1. The van der Waals surface area contributed by atoms with Gasteiger partial charge in [-0.3, -0.25) is 28.5 Å². The lowest BCUT2D eigenvalue weighted by Gasteiger charge is -2.43. The molecule has 2 aromatic rings. The van der Waals surface area contributed by atoms with Crippen LogP contribution in [0, 0.1) is 18.2 Å². The summed E-state index contributed by atoms with van der Waals surface area (Å²) in [6, 6.07) is 4.33. The fraction of sp³-hybridized carbons (Fsp3) is 0.517. The molecule has 4 heterocycles. The fourth-order valence-electron chi connectivity index (χ4n) is 6.18. The number of fused-ring (bicyclic) bond motifs is 2. The summed E-state index contributed by atoms with van der Waals surface area (Å²) in [5, 5.41) is 16.3. The summed E-state index contributed by atoms with van der Waals surface area (Å²) < 4.78 is 20.2. The number of ether oxygens (including phenoxy) is 1. The van der Waals surface area contributed by atoms with Crippen molar-refractivity contribution in [2.75, 3.05) is 40.4 Å². The molecule has 1 saturated carbocycles. The van der Waals surface area contributed by atoms with E-state index in [0.29, 0.717) is 37.4 Å². The van der Waals surface area contributed by atoms with E-state index in [0.717, 1.165) is 9.47 Å². The molecule has 43 heavy (non-hydrogen) atoms. The number of aromatic nitrogens is 2. The van der Waals surface area contributed by atoms with Crippen LogP contribution in [0.15, 0.2) is 23.0 Å². The number of nitrogens with one attached hydrogen (secondary N) is 2. The third-order valence-corrected chi connectivity index (χ3v) is 8.69. The molecule has 0 spiro atoms. The average Bonchev–Trinajstić information content (AvgIpc) is 3.22. The molecule has 3 N–H and O–H groups in total. The Morgan fingerprint density at radius 2 is 1.79 bits per heavy atom. The van der Waals surface area contributed by atoms with E-state index in [1.54, 1.807) is 17.9 Å². The molecule has 4 amide bonds. The average molecular weight is 599 g/mol. The molecule has 0 unspecified atom stereocenters. The van der Waals surface area contributed by atoms with Crippen LogP contribution >= 0.6 is 0 Å². The Bertz CT molecular complexity index is 1540. The van der Waals surface area contributed by atoms with Gasteiger partial charge in [0.2, 0.25) is 11.7 Å². The number of amides is 4. The molecule has 0 radical (unpaired) electrons. The van der Waals surface area contributed by atoms with E-state index in [1.807, 2.05) is 0 Å². The first kappa shape index (κ1) is 30.1. The van der Waals surface area contributed by atoms with Crippen LogP contribution in [0.4, 0.5) is 4.39 Å². The number of carbonyl (C=O) groups excluding carboxylic acids is 4. The molecule has 1 saturated heterocycles. The number of aryl methyl sites for hydroxylation is 1. The summed E-state index contributed by atoms with van der Waals surface area (Å²) in [6.45, 7) is 3.02. The molecule has 4 aliphatic rings. The van der Waals surface area contributed by atoms with E-state index >= 15 is 0 Å². The maximum atomic E-state index is 13.9. The van der Waals surface area contributed by atoms with Gasteiger partial charge in [0.15, 0.2) is 5.69 Å². The van der Waals surface area contributed by atoms with Crippen molar-refractivity contribution in [1.82, 2.24) is 30.0 Å². The predicted molar refractivity (Wildman–Crippen MR) is 149 cm³/mol. The molecule has 1 aliphatic carbocycles. The minimum Gasteiger partial charge on any atom is -0.501 e. The van der Waals surface area contributed by atoms with Crippen molar-refractivity contribution >= 4 is 23.6 Å². The molecule has 3 aliphatic heterocycles. The van der Waals surface area contributed by atoms with Gasteiger partial charge in [-0.2, -0.15) is 0 Å². The maximum Gasteiger partial charge on any atom is 0.311 e. The minimum atomic E-state index is -1.36. The molecule has 230 valence electrons. The smallest absolute Gasteiger partial charge is 0.311 e. The number of nitrogens with zero attached hydrogens (tertiary/aromatic N) is 4. The predicted octanol–water partition coefficient (Wildman–Crippen LogP) is 0.159. The summed E-state index contributed by atoms with van der Waals surface area (Å²) in [5.41, 5.74) is -2.90. The lowest BCUT2D eigenvalue weighted by Crippen LogP contribution is -2.55. The van der Waals surface area contributed by atoms with E-state index in [1.165, 1.54) is 26.2 Å². The Morgan fingerprint density at radius 3 is 2.42 bits per heavy atom. The molecule has 13 nitrogen and oxygen atoms in total. The molecule has 1 aromatic heterocycles. The van der Waals surface area contributed by atoms with Crippen LogP contribution in [0.25, 0.3) is 0 Å². The van der Waals surface area contributed by atoms with Crippen molar-refractivity contribution in [2.45, 2.75) is 51.2 Å². The van der Waals surface area contributed by atoms with Crippen LogP contribution in [-0.2, 0) is 37.7 Å². The van der Waals surface area contributed by atoms with Crippen molar-refractivity contribution in [3.63, 3.8) is 0 Å². The van der Waals surface area contributed by atoms with Crippen molar-refractivity contribution in [2.24, 2.45) is 5.41 Å². The second kappa shape index (κ2) is 11.4. The second-order valence-corrected chi connectivity index (χ2v) is 11.7. The molecular weight excluding hydrogens is 563 g/mol. The Labute approximate surface area is 247 Å². The SMILES string of the molecule is Cc1cc(CNC(=O)c2nc3n(c(=O)c2O)CC2(C(=O)N4CCOCC4)CCC3(NC(=O)C(=O)N(C)C)CC2)ccc1F. The van der Waals surface area contributed by atoms with Gasteiger partial charge in [0, 0.05) is 40.3 Å². The molecule has 14 heteroatoms. The van der Waals surface area contributed by atoms with E-state index < -0.39 is 51.5 Å². The maximum absolute atomic E-state index is 13.9. The van der Waals surface area contributed by atoms with Crippen LogP contribution in [-0.4, -0.2) is 88.5 Å². The van der Waals surface area contributed by atoms with E-state index in [2.05, 4.69) is 15.6 Å². The van der Waals surface area contributed by atoms with Gasteiger partial charge >= 0.3 is 11.8 Å². The second-order valence-electron chi connectivity index (χ2n) is 11.7. The highest BCUT2D eigenvalue weighted by molar-refractivity contribution is 6.35. The van der Waals surface area contributed by atoms with E-state index in [9.17, 15) is 33.5 Å². The van der Waals surface area contributed by atoms with E-state index in [4.69, 9.17) is 4.74 Å². The first-order valence-electron chi connectivity index (χ1n) is 14.2. The van der Waals surface area contributed by atoms with Gasteiger partial charge in [-0.15, -0.1) is 0 Å². The molecule has 0 atom stereocenters. The van der Waals surface area contributed by atoms with Gasteiger partial charge in [0.25, 0.3) is 11.5 Å². The summed E-state index contributed by atoms with van der Waals surface area (Å²) in [6.07, 6.45) is 0.884.